The molecular weight excluding hydrogens is 138 g/mol. The van der Waals surface area contributed by atoms with Gasteiger partial charge in [-0.25, -0.2) is 0 Å². The Bertz CT molecular complexity index is 245. The van der Waals surface area contributed by atoms with Crippen LogP contribution in [0.2, 0.25) is 0 Å². The summed E-state index contributed by atoms with van der Waals surface area (Å²) in [6, 6.07) is 5.77. The normalized spacial score (nSPS) is 10.0. The Kier molecular flexibility index (Phi) is 2.49. The van der Waals surface area contributed by atoms with Crippen molar-refractivity contribution in [3.63, 3.8) is 0 Å². The number of nitrogens with two attached hydrogens (primary N) is 1. The van der Waals surface area contributed by atoms with Crippen LogP contribution in [0.3, 0.4) is 0 Å². The predicted octanol–water partition coefficient (Wildman–Crippen LogP) is 1.32. The Labute approximate surface area is 66.7 Å². The van der Waals surface area contributed by atoms with Crippen LogP contribution in [0.25, 0.3) is 0 Å². The largest absolute Gasteiger partial charge is 0.398 e. The van der Waals surface area contributed by atoms with Gasteiger partial charge in [-0.2, -0.15) is 0 Å². The van der Waals surface area contributed by atoms with Gasteiger partial charge in [0.05, 0.1) is 6.61 Å². The van der Waals surface area contributed by atoms with E-state index in [1.54, 1.807) is 0 Å². The van der Waals surface area contributed by atoms with Crippen molar-refractivity contribution in [2.75, 3.05) is 5.73 Å². The van der Waals surface area contributed by atoms with Crippen molar-refractivity contribution in [3.8, 4) is 0 Å². The van der Waals surface area contributed by atoms with E-state index in [-0.39, 0.29) is 6.61 Å². The fourth-order valence-electron chi connectivity index (χ4n) is 1.01. The average molecular weight is 151 g/mol. The highest BCUT2D eigenvalue weighted by Gasteiger charge is 1.97. The highest BCUT2D eigenvalue weighted by molar-refractivity contribution is 5.48. The zero-order valence-electron chi connectivity index (χ0n) is 6.67. The van der Waals surface area contributed by atoms with Crippen molar-refractivity contribution >= 4 is 5.69 Å². The molecule has 0 aliphatic heterocycles. The molecule has 11 heavy (non-hydrogen) atoms. The lowest BCUT2D eigenvalue weighted by Crippen LogP contribution is -1.95. The Hall–Kier alpha value is -1.02. The molecule has 0 bridgehead atoms. The second kappa shape index (κ2) is 3.39. The molecule has 0 unspecified atom stereocenters. The smallest absolute Gasteiger partial charge is 0.0701 e. The molecule has 1 rings (SSSR count). The molecule has 2 heteroatoms. The lowest BCUT2D eigenvalue weighted by molar-refractivity contribution is 0.282. The summed E-state index contributed by atoms with van der Waals surface area (Å²) < 4.78 is 0. The van der Waals surface area contributed by atoms with Crippen LogP contribution >= 0.6 is 0 Å². The minimum atomic E-state index is 0.0236. The van der Waals surface area contributed by atoms with Crippen LogP contribution in [0, 0.1) is 0 Å². The van der Waals surface area contributed by atoms with Gasteiger partial charge in [0.1, 0.15) is 0 Å². The standard InChI is InChI=1S/C9H13NO/c1-2-7-3-4-8(6-11)9(10)5-7/h3-5,11H,2,6,10H2,1H3. The van der Waals surface area contributed by atoms with Crippen LogP contribution in [-0.2, 0) is 13.0 Å². The van der Waals surface area contributed by atoms with Crippen LogP contribution in [0.5, 0.6) is 0 Å². The molecule has 2 nitrogen and oxygen atoms in total. The van der Waals surface area contributed by atoms with E-state index in [0.29, 0.717) is 5.69 Å². The van der Waals surface area contributed by atoms with E-state index in [1.165, 1.54) is 5.56 Å². The van der Waals surface area contributed by atoms with Crippen LogP contribution in [0.1, 0.15) is 18.1 Å². The van der Waals surface area contributed by atoms with Gasteiger partial charge in [0.15, 0.2) is 0 Å². The summed E-state index contributed by atoms with van der Waals surface area (Å²) in [6.45, 7) is 2.10. The van der Waals surface area contributed by atoms with Gasteiger partial charge in [-0.05, 0) is 18.1 Å². The molecule has 0 amide bonds. The number of aliphatic hydroxyl groups excluding tert-OH is 1. The molecule has 0 atom stereocenters. The first-order valence-corrected chi connectivity index (χ1v) is 3.76. The van der Waals surface area contributed by atoms with E-state index < -0.39 is 0 Å². The molecular formula is C9H13NO. The molecule has 0 aliphatic rings. The summed E-state index contributed by atoms with van der Waals surface area (Å²) in [4.78, 5) is 0. The number of hydrogen-bond donors (Lipinski definition) is 2. The molecule has 0 spiro atoms. The Morgan fingerprint density at radius 3 is 2.64 bits per heavy atom. The fraction of sp³-hybridized carbons (Fsp3) is 0.333. The van der Waals surface area contributed by atoms with Gasteiger partial charge >= 0.3 is 0 Å². The van der Waals surface area contributed by atoms with Gasteiger partial charge in [-0.1, -0.05) is 19.1 Å². The zero-order chi connectivity index (χ0) is 8.27. The Morgan fingerprint density at radius 2 is 2.18 bits per heavy atom. The van der Waals surface area contributed by atoms with Gasteiger partial charge < -0.3 is 10.8 Å². The first kappa shape index (κ1) is 8.08. The summed E-state index contributed by atoms with van der Waals surface area (Å²) in [7, 11) is 0. The predicted molar refractivity (Wildman–Crippen MR) is 46.2 cm³/mol. The van der Waals surface area contributed by atoms with Crippen molar-refractivity contribution < 1.29 is 5.11 Å². The van der Waals surface area contributed by atoms with E-state index in [4.69, 9.17) is 10.8 Å². The van der Waals surface area contributed by atoms with Crippen LogP contribution in [-0.4, -0.2) is 5.11 Å². The first-order chi connectivity index (χ1) is 5.27. The Morgan fingerprint density at radius 1 is 1.45 bits per heavy atom. The van der Waals surface area contributed by atoms with E-state index >= 15 is 0 Å². The quantitative estimate of drug-likeness (QED) is 0.626. The number of rotatable bonds is 2. The monoisotopic (exact) mass is 151 g/mol. The zero-order valence-corrected chi connectivity index (χ0v) is 6.67. The van der Waals surface area contributed by atoms with Gasteiger partial charge in [0, 0.05) is 11.3 Å². The summed E-state index contributed by atoms with van der Waals surface area (Å²) in [5, 5.41) is 8.80. The molecule has 1 aromatic carbocycles. The highest BCUT2D eigenvalue weighted by Crippen LogP contribution is 2.14. The molecule has 0 fully saturated rings. The summed E-state index contributed by atoms with van der Waals surface area (Å²) in [6.07, 6.45) is 0.982. The third-order valence-corrected chi connectivity index (χ3v) is 1.79. The average Bonchev–Trinajstić information content (AvgIpc) is 2.04. The van der Waals surface area contributed by atoms with Gasteiger partial charge in [0.2, 0.25) is 0 Å². The molecule has 0 heterocycles. The van der Waals surface area contributed by atoms with Crippen LogP contribution in [0.4, 0.5) is 5.69 Å². The van der Waals surface area contributed by atoms with Gasteiger partial charge in [-0.3, -0.25) is 0 Å². The Balaban J connectivity index is 2.99. The molecule has 0 aromatic heterocycles. The first-order valence-electron chi connectivity index (χ1n) is 3.76. The van der Waals surface area contributed by atoms with Crippen molar-refractivity contribution in [3.05, 3.63) is 29.3 Å². The minimum Gasteiger partial charge on any atom is -0.398 e. The van der Waals surface area contributed by atoms with E-state index in [0.717, 1.165) is 12.0 Å². The number of hydrogen-bond acceptors (Lipinski definition) is 2. The lowest BCUT2D eigenvalue weighted by Gasteiger charge is -2.03. The molecule has 0 aliphatic carbocycles. The van der Waals surface area contributed by atoms with E-state index in [2.05, 4.69) is 6.92 Å². The maximum absolute atomic E-state index is 8.80. The van der Waals surface area contributed by atoms with Crippen molar-refractivity contribution in [2.24, 2.45) is 0 Å². The second-order valence-electron chi connectivity index (χ2n) is 2.54. The SMILES string of the molecule is CCc1ccc(CO)c(N)c1. The maximum atomic E-state index is 8.80. The molecule has 0 radical (unpaired) electrons. The van der Waals surface area contributed by atoms with Crippen LogP contribution in [0.15, 0.2) is 18.2 Å². The van der Waals surface area contributed by atoms with Gasteiger partial charge in [-0.15, -0.1) is 0 Å². The highest BCUT2D eigenvalue weighted by atomic mass is 16.3. The number of nitrogen functional groups attached to an aromatic ring is 1. The topological polar surface area (TPSA) is 46.2 Å². The summed E-state index contributed by atoms with van der Waals surface area (Å²) in [5.74, 6) is 0. The van der Waals surface area contributed by atoms with Crippen LogP contribution < -0.4 is 5.73 Å². The third-order valence-electron chi connectivity index (χ3n) is 1.79. The molecule has 3 N–H and O–H groups in total. The number of aliphatic hydroxyl groups is 1. The summed E-state index contributed by atoms with van der Waals surface area (Å²) >= 11 is 0. The summed E-state index contributed by atoms with van der Waals surface area (Å²) in [5.41, 5.74) is 8.35. The molecule has 0 saturated heterocycles. The number of aryl methyl sites for hydroxylation is 1. The number of anilines is 1. The molecule has 1 aromatic rings. The van der Waals surface area contributed by atoms with Crippen molar-refractivity contribution in [2.45, 2.75) is 20.0 Å². The lowest BCUT2D eigenvalue weighted by atomic mass is 10.1. The molecule has 0 saturated carbocycles. The van der Waals surface area contributed by atoms with Gasteiger partial charge in [0.25, 0.3) is 0 Å². The van der Waals surface area contributed by atoms with Crippen molar-refractivity contribution in [1.29, 1.82) is 0 Å². The minimum absolute atomic E-state index is 0.0236. The van der Waals surface area contributed by atoms with E-state index in [1.807, 2.05) is 18.2 Å². The number of benzene rings is 1. The third kappa shape index (κ3) is 1.71. The molecule has 60 valence electrons. The maximum Gasteiger partial charge on any atom is 0.0701 e. The fourth-order valence-corrected chi connectivity index (χ4v) is 1.01. The van der Waals surface area contributed by atoms with E-state index in [9.17, 15) is 0 Å². The van der Waals surface area contributed by atoms with Crippen molar-refractivity contribution in [1.82, 2.24) is 0 Å². The second-order valence-corrected chi connectivity index (χ2v) is 2.54.